The highest BCUT2D eigenvalue weighted by Crippen LogP contribution is 2.03. The van der Waals surface area contributed by atoms with E-state index in [0.717, 1.165) is 0 Å². The van der Waals surface area contributed by atoms with Crippen LogP contribution >= 0.6 is 0 Å². The summed E-state index contributed by atoms with van der Waals surface area (Å²) in [5.74, 6) is 0. The second kappa shape index (κ2) is 8.67. The van der Waals surface area contributed by atoms with Gasteiger partial charge in [-0.15, -0.1) is 0 Å². The van der Waals surface area contributed by atoms with Crippen molar-refractivity contribution in [3.8, 4) is 0 Å². The summed E-state index contributed by atoms with van der Waals surface area (Å²) in [6, 6.07) is 0. The van der Waals surface area contributed by atoms with E-state index in [-0.39, 0.29) is 0 Å². The molecule has 0 atom stereocenters. The molecule has 0 saturated heterocycles. The SMILES string of the molecule is CCCCCCCC=NC. The van der Waals surface area contributed by atoms with E-state index in [2.05, 4.69) is 11.9 Å². The fourth-order valence-electron chi connectivity index (χ4n) is 0.968. The number of hydrogen-bond donors (Lipinski definition) is 0. The van der Waals surface area contributed by atoms with Crippen LogP contribution in [0.3, 0.4) is 0 Å². The Kier molecular flexibility index (Phi) is 8.38. The van der Waals surface area contributed by atoms with Crippen molar-refractivity contribution in [2.75, 3.05) is 7.05 Å². The lowest BCUT2D eigenvalue weighted by Crippen LogP contribution is -1.78. The molecule has 10 heavy (non-hydrogen) atoms. The minimum absolute atomic E-state index is 1.17. The summed E-state index contributed by atoms with van der Waals surface area (Å²) in [5, 5.41) is 0. The van der Waals surface area contributed by atoms with Crippen LogP contribution in [0.1, 0.15) is 45.4 Å². The van der Waals surface area contributed by atoms with E-state index >= 15 is 0 Å². The van der Waals surface area contributed by atoms with Crippen molar-refractivity contribution in [1.82, 2.24) is 0 Å². The van der Waals surface area contributed by atoms with E-state index in [0.29, 0.717) is 0 Å². The van der Waals surface area contributed by atoms with Gasteiger partial charge in [0.15, 0.2) is 0 Å². The maximum atomic E-state index is 3.93. The largest absolute Gasteiger partial charge is 0.301 e. The van der Waals surface area contributed by atoms with Crippen molar-refractivity contribution < 1.29 is 0 Å². The molecule has 1 nitrogen and oxygen atoms in total. The van der Waals surface area contributed by atoms with Crippen LogP contribution in [0.2, 0.25) is 0 Å². The monoisotopic (exact) mass is 141 g/mol. The Labute approximate surface area is 64.6 Å². The van der Waals surface area contributed by atoms with Crippen LogP contribution in [-0.2, 0) is 0 Å². The van der Waals surface area contributed by atoms with Gasteiger partial charge in [0.25, 0.3) is 0 Å². The van der Waals surface area contributed by atoms with Gasteiger partial charge in [-0.25, -0.2) is 0 Å². The van der Waals surface area contributed by atoms with Gasteiger partial charge in [0.2, 0.25) is 0 Å². The van der Waals surface area contributed by atoms with Crippen molar-refractivity contribution >= 4 is 6.21 Å². The molecule has 0 N–H and O–H groups in total. The molecule has 0 rings (SSSR count). The Morgan fingerprint density at radius 2 is 1.80 bits per heavy atom. The number of aliphatic imine (C=N–C) groups is 1. The predicted octanol–water partition coefficient (Wildman–Crippen LogP) is 3.05. The molecule has 0 aromatic rings. The van der Waals surface area contributed by atoms with Crippen molar-refractivity contribution in [3.63, 3.8) is 0 Å². The summed E-state index contributed by atoms with van der Waals surface area (Å²) >= 11 is 0. The lowest BCUT2D eigenvalue weighted by Gasteiger charge is -1.94. The smallest absolute Gasteiger partial charge is 0.0273 e. The van der Waals surface area contributed by atoms with Crippen LogP contribution < -0.4 is 0 Å². The first-order valence-corrected chi connectivity index (χ1v) is 4.32. The van der Waals surface area contributed by atoms with Crippen molar-refractivity contribution in [2.24, 2.45) is 4.99 Å². The molecule has 0 unspecified atom stereocenters. The fourth-order valence-corrected chi connectivity index (χ4v) is 0.968. The van der Waals surface area contributed by atoms with Gasteiger partial charge in [-0.3, -0.25) is 0 Å². The van der Waals surface area contributed by atoms with Crippen LogP contribution in [0.25, 0.3) is 0 Å². The van der Waals surface area contributed by atoms with Crippen molar-refractivity contribution in [3.05, 3.63) is 0 Å². The summed E-state index contributed by atoms with van der Waals surface area (Å²) in [4.78, 5) is 3.93. The third-order valence-corrected chi connectivity index (χ3v) is 1.62. The molecule has 1 heteroatoms. The van der Waals surface area contributed by atoms with E-state index in [1.54, 1.807) is 0 Å². The van der Waals surface area contributed by atoms with Crippen LogP contribution in [-0.4, -0.2) is 13.3 Å². The van der Waals surface area contributed by atoms with Gasteiger partial charge in [-0.05, 0) is 19.1 Å². The molecule has 0 radical (unpaired) electrons. The quantitative estimate of drug-likeness (QED) is 0.398. The van der Waals surface area contributed by atoms with Crippen LogP contribution in [0, 0.1) is 0 Å². The second-order valence-corrected chi connectivity index (χ2v) is 2.64. The molecule has 60 valence electrons. The highest BCUT2D eigenvalue weighted by molar-refractivity contribution is 5.56. The molecule has 0 bridgehead atoms. The van der Waals surface area contributed by atoms with Crippen molar-refractivity contribution in [1.29, 1.82) is 0 Å². The maximum absolute atomic E-state index is 3.93. The first-order chi connectivity index (χ1) is 4.91. The Morgan fingerprint density at radius 3 is 2.40 bits per heavy atom. The standard InChI is InChI=1S/C9H19N/c1-3-4-5-6-7-8-9-10-2/h9H,3-8H2,1-2H3. The van der Waals surface area contributed by atoms with Gasteiger partial charge < -0.3 is 4.99 Å². The minimum atomic E-state index is 1.17. The van der Waals surface area contributed by atoms with Gasteiger partial charge >= 0.3 is 0 Å². The molecule has 0 saturated carbocycles. The molecule has 0 fully saturated rings. The topological polar surface area (TPSA) is 12.4 Å². The number of nitrogens with zero attached hydrogens (tertiary/aromatic N) is 1. The number of unbranched alkanes of at least 4 members (excludes halogenated alkanes) is 5. The molecular weight excluding hydrogens is 122 g/mol. The first-order valence-electron chi connectivity index (χ1n) is 4.32. The molecule has 0 amide bonds. The van der Waals surface area contributed by atoms with E-state index in [9.17, 15) is 0 Å². The second-order valence-electron chi connectivity index (χ2n) is 2.64. The van der Waals surface area contributed by atoms with Gasteiger partial charge in [0.05, 0.1) is 0 Å². The predicted molar refractivity (Wildman–Crippen MR) is 47.8 cm³/mol. The summed E-state index contributed by atoms with van der Waals surface area (Å²) in [6.07, 6.45) is 9.99. The average Bonchev–Trinajstić information content (AvgIpc) is 1.97. The Hall–Kier alpha value is -0.330. The lowest BCUT2D eigenvalue weighted by atomic mass is 10.1. The normalized spacial score (nSPS) is 11.0. The summed E-state index contributed by atoms with van der Waals surface area (Å²) in [6.45, 7) is 2.24. The minimum Gasteiger partial charge on any atom is -0.301 e. The maximum Gasteiger partial charge on any atom is 0.0273 e. The molecular formula is C9H19N. The fraction of sp³-hybridized carbons (Fsp3) is 0.889. The zero-order valence-electron chi connectivity index (χ0n) is 7.27. The zero-order valence-corrected chi connectivity index (χ0v) is 7.27. The molecule has 0 heterocycles. The van der Waals surface area contributed by atoms with E-state index in [4.69, 9.17) is 0 Å². The summed E-state index contributed by atoms with van der Waals surface area (Å²) in [7, 11) is 1.84. The number of rotatable bonds is 6. The van der Waals surface area contributed by atoms with Crippen LogP contribution in [0.5, 0.6) is 0 Å². The molecule has 0 aliphatic heterocycles. The van der Waals surface area contributed by atoms with Gasteiger partial charge in [0.1, 0.15) is 0 Å². The summed E-state index contributed by atoms with van der Waals surface area (Å²) in [5.41, 5.74) is 0. The first kappa shape index (κ1) is 9.67. The number of hydrogen-bond acceptors (Lipinski definition) is 1. The molecule has 0 aromatic carbocycles. The van der Waals surface area contributed by atoms with Gasteiger partial charge in [-0.2, -0.15) is 0 Å². The molecule has 0 aromatic heterocycles. The van der Waals surface area contributed by atoms with E-state index in [1.165, 1.54) is 38.5 Å². The molecule has 0 aliphatic rings. The third kappa shape index (κ3) is 7.67. The zero-order chi connectivity index (χ0) is 7.66. The molecule has 0 spiro atoms. The van der Waals surface area contributed by atoms with Gasteiger partial charge in [0, 0.05) is 7.05 Å². The van der Waals surface area contributed by atoms with Crippen LogP contribution in [0.15, 0.2) is 4.99 Å². The Balaban J connectivity index is 2.77. The molecule has 0 aliphatic carbocycles. The lowest BCUT2D eigenvalue weighted by molar-refractivity contribution is 0.645. The highest BCUT2D eigenvalue weighted by atomic mass is 14.6. The third-order valence-electron chi connectivity index (χ3n) is 1.62. The Bertz CT molecular complexity index is 76.8. The average molecular weight is 141 g/mol. The van der Waals surface area contributed by atoms with Crippen LogP contribution in [0.4, 0.5) is 0 Å². The van der Waals surface area contributed by atoms with E-state index in [1.807, 2.05) is 13.3 Å². The highest BCUT2D eigenvalue weighted by Gasteiger charge is 1.85. The van der Waals surface area contributed by atoms with Gasteiger partial charge in [-0.1, -0.05) is 32.6 Å². The van der Waals surface area contributed by atoms with E-state index < -0.39 is 0 Å². The van der Waals surface area contributed by atoms with Crippen molar-refractivity contribution in [2.45, 2.75) is 45.4 Å². The summed E-state index contributed by atoms with van der Waals surface area (Å²) < 4.78 is 0. The Morgan fingerprint density at radius 1 is 1.10 bits per heavy atom.